The molecule has 0 amide bonds. The van der Waals surface area contributed by atoms with Gasteiger partial charge in [-0.25, -0.2) is 0 Å². The smallest absolute Gasteiger partial charge is 0.163 e. The Morgan fingerprint density at radius 2 is 1.61 bits per heavy atom. The Hall–Kier alpha value is -3.91. The van der Waals surface area contributed by atoms with Gasteiger partial charge in [-0.1, -0.05) is 119 Å². The summed E-state index contributed by atoms with van der Waals surface area (Å²) in [6, 6.07) is 18.6. The Morgan fingerprint density at radius 3 is 2.27 bits per heavy atom. The van der Waals surface area contributed by atoms with E-state index in [9.17, 15) is 4.79 Å². The van der Waals surface area contributed by atoms with Gasteiger partial charge in [-0.05, 0) is 96.7 Å². The molecule has 0 spiro atoms. The number of carbonyl (C=O) groups excluding carboxylic acids is 1. The molecule has 2 heteroatoms. The molecule has 0 aromatic heterocycles. The molecule has 0 aliphatic heterocycles. The minimum atomic E-state index is 0.0906. The first-order valence-corrected chi connectivity index (χ1v) is 14.9. The van der Waals surface area contributed by atoms with E-state index in [0.717, 1.165) is 70.4 Å². The van der Waals surface area contributed by atoms with Crippen molar-refractivity contribution in [2.45, 2.75) is 79.2 Å². The molecule has 0 fully saturated rings. The summed E-state index contributed by atoms with van der Waals surface area (Å²) in [6.45, 7) is 23.3. The summed E-state index contributed by atoms with van der Waals surface area (Å²) in [4.78, 5) is 13.5. The zero-order chi connectivity index (χ0) is 30.2. The molecule has 2 aromatic carbocycles. The number of carbonyl (C=O) groups is 1. The Labute approximate surface area is 249 Å². The maximum atomic E-state index is 13.5. The van der Waals surface area contributed by atoms with E-state index in [1.54, 1.807) is 0 Å². The Balaban J connectivity index is 2.30. The maximum Gasteiger partial charge on any atom is 0.163 e. The van der Waals surface area contributed by atoms with Gasteiger partial charge >= 0.3 is 0 Å². The number of hydrogen-bond donors (Lipinski definition) is 1. The second kappa shape index (κ2) is 17.7. The first-order chi connectivity index (χ1) is 19.7. The summed E-state index contributed by atoms with van der Waals surface area (Å²) in [5, 5.41) is 3.70. The minimum Gasteiger partial charge on any atom is -0.382 e. The fraction of sp³-hybridized carbons (Fsp3) is 0.308. The highest BCUT2D eigenvalue weighted by Crippen LogP contribution is 2.27. The highest BCUT2D eigenvalue weighted by atomic mass is 16.1. The summed E-state index contributed by atoms with van der Waals surface area (Å²) in [5.74, 6) is 0.0906. The van der Waals surface area contributed by atoms with Crippen molar-refractivity contribution in [3.8, 4) is 0 Å². The van der Waals surface area contributed by atoms with Crippen LogP contribution in [0.4, 0.5) is 0 Å². The number of rotatable bonds is 17. The van der Waals surface area contributed by atoms with E-state index in [2.05, 4.69) is 76.2 Å². The normalized spacial score (nSPS) is 13.2. The molecule has 2 aromatic rings. The highest BCUT2D eigenvalue weighted by molar-refractivity contribution is 5.97. The molecule has 1 atom stereocenters. The van der Waals surface area contributed by atoms with E-state index >= 15 is 0 Å². The molecule has 0 heterocycles. The van der Waals surface area contributed by atoms with Crippen LogP contribution in [0, 0.1) is 0 Å². The number of unbranched alkanes of at least 4 members (excludes halogenated alkanes) is 1. The third-order valence-electron chi connectivity index (χ3n) is 7.33. The topological polar surface area (TPSA) is 29.1 Å². The van der Waals surface area contributed by atoms with E-state index in [1.165, 1.54) is 0 Å². The second-order valence-corrected chi connectivity index (χ2v) is 10.7. The Kier molecular flexibility index (Phi) is 14.4. The molecule has 0 aliphatic rings. The lowest BCUT2D eigenvalue weighted by molar-refractivity contribution is -0.114. The van der Waals surface area contributed by atoms with Crippen molar-refractivity contribution >= 4 is 16.9 Å². The van der Waals surface area contributed by atoms with Crippen LogP contribution < -0.4 is 5.32 Å². The fourth-order valence-corrected chi connectivity index (χ4v) is 4.61. The van der Waals surface area contributed by atoms with E-state index in [0.29, 0.717) is 24.5 Å². The summed E-state index contributed by atoms with van der Waals surface area (Å²) < 4.78 is 0. The van der Waals surface area contributed by atoms with Crippen LogP contribution in [0.15, 0.2) is 127 Å². The monoisotopic (exact) mass is 547 g/mol. The van der Waals surface area contributed by atoms with Gasteiger partial charge in [-0.2, -0.15) is 0 Å². The van der Waals surface area contributed by atoms with Crippen molar-refractivity contribution in [2.24, 2.45) is 0 Å². The van der Waals surface area contributed by atoms with Crippen LogP contribution in [0.3, 0.4) is 0 Å². The van der Waals surface area contributed by atoms with Gasteiger partial charge < -0.3 is 5.32 Å². The molecular formula is C39H49NO. The van der Waals surface area contributed by atoms with Crippen LogP contribution in [0.25, 0.3) is 11.1 Å². The Morgan fingerprint density at radius 1 is 0.927 bits per heavy atom. The number of allylic oxidation sites excluding steroid dienone is 10. The Bertz CT molecular complexity index is 1320. The first kappa shape index (κ1) is 33.3. The molecular weight excluding hydrogens is 498 g/mol. The third kappa shape index (κ3) is 11.2. The second-order valence-electron chi connectivity index (χ2n) is 10.7. The number of ketones is 1. The van der Waals surface area contributed by atoms with Crippen molar-refractivity contribution in [1.82, 2.24) is 5.32 Å². The van der Waals surface area contributed by atoms with Crippen LogP contribution in [0.1, 0.15) is 83.4 Å². The van der Waals surface area contributed by atoms with Crippen LogP contribution >= 0.6 is 0 Å². The lowest BCUT2D eigenvalue weighted by atomic mass is 9.91. The van der Waals surface area contributed by atoms with Gasteiger partial charge in [0.1, 0.15) is 0 Å². The fourth-order valence-electron chi connectivity index (χ4n) is 4.61. The average Bonchev–Trinajstić information content (AvgIpc) is 2.98. The molecule has 216 valence electrons. The van der Waals surface area contributed by atoms with Gasteiger partial charge in [0.2, 0.25) is 0 Å². The standard InChI is InChI=1S/C39H49NO/c1-9-12-19-29(4)30(5)25-32(7)38-24-18-17-22-35(38)28-39(41)33(8)27-37(40-36(11-3)23-13-10-2)26-31(6)34-20-15-14-16-21-34/h9,12,14-22,24,26-27,36,40H,5-7,10-11,13,23,25,28H2,1-4,8H3/b12-9-,29-19-,33-27+,37-26+. The van der Waals surface area contributed by atoms with E-state index < -0.39 is 0 Å². The molecule has 0 saturated heterocycles. The number of hydrogen-bond acceptors (Lipinski definition) is 2. The van der Waals surface area contributed by atoms with Crippen LogP contribution in [0.5, 0.6) is 0 Å². The van der Waals surface area contributed by atoms with Crippen molar-refractivity contribution in [3.63, 3.8) is 0 Å². The predicted molar refractivity (Wildman–Crippen MR) is 181 cm³/mol. The van der Waals surface area contributed by atoms with Crippen molar-refractivity contribution in [2.75, 3.05) is 0 Å². The molecule has 1 N–H and O–H groups in total. The van der Waals surface area contributed by atoms with Gasteiger partial charge in [0.15, 0.2) is 5.78 Å². The van der Waals surface area contributed by atoms with E-state index in [1.807, 2.05) is 68.5 Å². The SMILES string of the molecule is C=C(CC(=C)c1ccccc1CC(=O)/C(C)=C/C(=C\C(=C)c1ccccc1)NC(CC)CCCC)/C(C)=C\C=C/C. The van der Waals surface area contributed by atoms with Gasteiger partial charge in [0.05, 0.1) is 0 Å². The molecule has 1 unspecified atom stereocenters. The molecule has 2 rings (SSSR count). The number of Topliss-reactive ketones (excluding diaryl/α,β-unsaturated/α-hetero) is 1. The summed E-state index contributed by atoms with van der Waals surface area (Å²) in [5.41, 5.74) is 8.74. The van der Waals surface area contributed by atoms with Gasteiger partial charge in [-0.15, -0.1) is 0 Å². The average molecular weight is 548 g/mol. The summed E-state index contributed by atoms with van der Waals surface area (Å²) >= 11 is 0. The van der Waals surface area contributed by atoms with Crippen LogP contribution in [0.2, 0.25) is 0 Å². The highest BCUT2D eigenvalue weighted by Gasteiger charge is 2.14. The molecule has 0 bridgehead atoms. The van der Waals surface area contributed by atoms with E-state index in [4.69, 9.17) is 0 Å². The van der Waals surface area contributed by atoms with Crippen molar-refractivity contribution in [3.05, 3.63) is 144 Å². The molecule has 0 radical (unpaired) electrons. The maximum absolute atomic E-state index is 13.5. The summed E-state index contributed by atoms with van der Waals surface area (Å²) in [7, 11) is 0. The predicted octanol–water partition coefficient (Wildman–Crippen LogP) is 10.4. The molecule has 0 aliphatic carbocycles. The summed E-state index contributed by atoms with van der Waals surface area (Å²) in [6.07, 6.45) is 15.5. The van der Waals surface area contributed by atoms with Crippen LogP contribution in [-0.4, -0.2) is 11.8 Å². The zero-order valence-electron chi connectivity index (χ0n) is 25.9. The number of benzene rings is 2. The third-order valence-corrected chi connectivity index (χ3v) is 7.33. The first-order valence-electron chi connectivity index (χ1n) is 14.9. The molecule has 41 heavy (non-hydrogen) atoms. The van der Waals surface area contributed by atoms with Crippen molar-refractivity contribution < 1.29 is 4.79 Å². The van der Waals surface area contributed by atoms with Gasteiger partial charge in [0, 0.05) is 18.2 Å². The minimum absolute atomic E-state index is 0.0906. The molecule has 2 nitrogen and oxygen atoms in total. The van der Waals surface area contributed by atoms with Crippen LogP contribution in [-0.2, 0) is 11.2 Å². The van der Waals surface area contributed by atoms with Gasteiger partial charge in [0.25, 0.3) is 0 Å². The largest absolute Gasteiger partial charge is 0.382 e. The van der Waals surface area contributed by atoms with Gasteiger partial charge in [-0.3, -0.25) is 4.79 Å². The van der Waals surface area contributed by atoms with E-state index in [-0.39, 0.29) is 5.78 Å². The lowest BCUT2D eigenvalue weighted by Gasteiger charge is -2.20. The number of nitrogens with one attached hydrogen (secondary N) is 1. The zero-order valence-corrected chi connectivity index (χ0v) is 25.9. The quantitative estimate of drug-likeness (QED) is 0.158. The lowest BCUT2D eigenvalue weighted by Crippen LogP contribution is -2.27. The molecule has 0 saturated carbocycles. The van der Waals surface area contributed by atoms with Crippen molar-refractivity contribution in [1.29, 1.82) is 0 Å².